The van der Waals surface area contributed by atoms with Crippen LogP contribution in [0, 0.1) is 13.8 Å². The van der Waals surface area contributed by atoms with Gasteiger partial charge in [-0.15, -0.1) is 10.2 Å². The zero-order valence-corrected chi connectivity index (χ0v) is 19.5. The third-order valence-electron chi connectivity index (χ3n) is 4.50. The maximum Gasteiger partial charge on any atom is 0.316 e. The minimum Gasteiger partial charge on any atom is -0.455 e. The van der Waals surface area contributed by atoms with Crippen LogP contribution in [0.4, 0.5) is 5.69 Å². The summed E-state index contributed by atoms with van der Waals surface area (Å²) in [5, 5.41) is 13.7. The van der Waals surface area contributed by atoms with Crippen LogP contribution in [0.3, 0.4) is 0 Å². The average molecular weight is 489 g/mol. The van der Waals surface area contributed by atoms with E-state index in [1.54, 1.807) is 30.3 Å². The lowest BCUT2D eigenvalue weighted by Gasteiger charge is -2.11. The predicted octanol–water partition coefficient (Wildman–Crippen LogP) is 3.40. The van der Waals surface area contributed by atoms with Gasteiger partial charge in [-0.25, -0.2) is 0 Å². The van der Waals surface area contributed by atoms with Crippen LogP contribution in [0.25, 0.3) is 11.5 Å². The summed E-state index contributed by atoms with van der Waals surface area (Å²) >= 11 is 6.83. The number of aromatic nitrogens is 2. The minimum atomic E-state index is -0.638. The Morgan fingerprint density at radius 3 is 2.58 bits per heavy atom. The lowest BCUT2D eigenvalue weighted by atomic mass is 10.1. The fourth-order valence-corrected chi connectivity index (χ4v) is 3.28. The van der Waals surface area contributed by atoms with Crippen molar-refractivity contribution in [2.75, 3.05) is 24.2 Å². The van der Waals surface area contributed by atoms with Gasteiger partial charge in [-0.1, -0.05) is 35.5 Å². The summed E-state index contributed by atoms with van der Waals surface area (Å²) in [7, 11) is 0. The number of nitrogens with one attached hydrogen (secondary N) is 2. The van der Waals surface area contributed by atoms with Gasteiger partial charge < -0.3 is 19.8 Å². The number of esters is 1. The van der Waals surface area contributed by atoms with Crippen LogP contribution in [0.2, 0.25) is 5.02 Å². The monoisotopic (exact) mass is 488 g/mol. The molecule has 172 valence electrons. The molecule has 0 unspecified atom stereocenters. The molecule has 0 spiro atoms. The van der Waals surface area contributed by atoms with Crippen molar-refractivity contribution in [1.82, 2.24) is 15.5 Å². The molecule has 2 N–H and O–H groups in total. The molecule has 0 aliphatic rings. The molecule has 33 heavy (non-hydrogen) atoms. The molecule has 2 amide bonds. The van der Waals surface area contributed by atoms with Crippen molar-refractivity contribution < 1.29 is 23.5 Å². The van der Waals surface area contributed by atoms with E-state index in [-0.39, 0.29) is 23.4 Å². The Balaban J connectivity index is 1.36. The maximum atomic E-state index is 12.0. The van der Waals surface area contributed by atoms with Crippen molar-refractivity contribution >= 4 is 46.8 Å². The van der Waals surface area contributed by atoms with E-state index in [1.807, 2.05) is 26.0 Å². The average Bonchev–Trinajstić information content (AvgIpc) is 3.27. The Hall–Kier alpha value is -3.37. The van der Waals surface area contributed by atoms with E-state index in [9.17, 15) is 14.4 Å². The van der Waals surface area contributed by atoms with Crippen molar-refractivity contribution in [3.05, 3.63) is 58.6 Å². The van der Waals surface area contributed by atoms with Gasteiger partial charge in [-0.05, 0) is 55.3 Å². The van der Waals surface area contributed by atoms with Crippen molar-refractivity contribution in [3.63, 3.8) is 0 Å². The Morgan fingerprint density at radius 1 is 1.06 bits per heavy atom. The third-order valence-corrected chi connectivity index (χ3v) is 5.54. The van der Waals surface area contributed by atoms with Crippen LogP contribution in [-0.4, -0.2) is 46.9 Å². The second-order valence-electron chi connectivity index (χ2n) is 6.90. The first kappa shape index (κ1) is 24.3. The number of carbonyl (C=O) groups excluding carboxylic acids is 3. The van der Waals surface area contributed by atoms with Gasteiger partial charge in [0.05, 0.1) is 6.54 Å². The quantitative estimate of drug-likeness (QED) is 0.347. The number of hydrogen-bond acceptors (Lipinski definition) is 8. The number of ether oxygens (including phenoxy) is 1. The summed E-state index contributed by atoms with van der Waals surface area (Å²) in [6.45, 7) is 3.09. The molecule has 0 aliphatic carbocycles. The van der Waals surface area contributed by atoms with Crippen molar-refractivity contribution in [1.29, 1.82) is 0 Å². The number of anilines is 1. The Kier molecular flexibility index (Phi) is 8.45. The number of nitrogens with zero attached hydrogens (tertiary/aromatic N) is 2. The van der Waals surface area contributed by atoms with Crippen molar-refractivity contribution in [3.8, 4) is 11.5 Å². The number of amides is 2. The van der Waals surface area contributed by atoms with Crippen LogP contribution in [0.1, 0.15) is 11.1 Å². The molecule has 0 radical (unpaired) electrons. The first-order valence-corrected chi connectivity index (χ1v) is 11.2. The van der Waals surface area contributed by atoms with E-state index in [2.05, 4.69) is 20.8 Å². The summed E-state index contributed by atoms with van der Waals surface area (Å²) in [4.78, 5) is 35.8. The molecule has 3 aromatic rings. The number of hydrogen-bond donors (Lipinski definition) is 2. The fourth-order valence-electron chi connectivity index (χ4n) is 2.60. The van der Waals surface area contributed by atoms with Gasteiger partial charge in [0.15, 0.2) is 6.61 Å². The number of halogens is 1. The molecule has 2 aromatic carbocycles. The highest BCUT2D eigenvalue weighted by atomic mass is 35.5. The Labute approximate surface area is 199 Å². The van der Waals surface area contributed by atoms with Gasteiger partial charge >= 0.3 is 5.97 Å². The predicted molar refractivity (Wildman–Crippen MR) is 124 cm³/mol. The fraction of sp³-hybridized carbons (Fsp3) is 0.227. The van der Waals surface area contributed by atoms with Gasteiger partial charge in [-0.2, -0.15) is 0 Å². The van der Waals surface area contributed by atoms with Gasteiger partial charge in [0.25, 0.3) is 11.1 Å². The highest BCUT2D eigenvalue weighted by Gasteiger charge is 2.14. The van der Waals surface area contributed by atoms with E-state index >= 15 is 0 Å². The lowest BCUT2D eigenvalue weighted by Crippen LogP contribution is -2.35. The largest absolute Gasteiger partial charge is 0.455 e. The SMILES string of the molecule is Cc1cccc(NC(=O)CNC(=O)COC(=O)CSc2nnc(-c3ccc(Cl)cc3)o2)c1C. The van der Waals surface area contributed by atoms with Crippen LogP contribution in [0.5, 0.6) is 0 Å². The summed E-state index contributed by atoms with van der Waals surface area (Å²) in [6.07, 6.45) is 0. The molecule has 0 saturated carbocycles. The van der Waals surface area contributed by atoms with Crippen LogP contribution in [0.15, 0.2) is 52.1 Å². The van der Waals surface area contributed by atoms with E-state index in [0.29, 0.717) is 22.2 Å². The molecule has 11 heteroatoms. The second kappa shape index (κ2) is 11.5. The van der Waals surface area contributed by atoms with E-state index in [0.717, 1.165) is 22.9 Å². The zero-order valence-electron chi connectivity index (χ0n) is 17.9. The number of aryl methyl sites for hydroxylation is 1. The summed E-state index contributed by atoms with van der Waals surface area (Å²) in [6, 6.07) is 12.4. The molecular formula is C22H21ClN4O5S. The molecule has 9 nitrogen and oxygen atoms in total. The van der Waals surface area contributed by atoms with Gasteiger partial charge in [0.2, 0.25) is 11.8 Å². The van der Waals surface area contributed by atoms with Crippen LogP contribution in [-0.2, 0) is 19.1 Å². The molecule has 0 fully saturated rings. The lowest BCUT2D eigenvalue weighted by molar-refractivity contribution is -0.146. The molecule has 0 saturated heterocycles. The van der Waals surface area contributed by atoms with Crippen molar-refractivity contribution in [2.45, 2.75) is 19.1 Å². The molecule has 3 rings (SSSR count). The van der Waals surface area contributed by atoms with Gasteiger partial charge in [-0.3, -0.25) is 14.4 Å². The number of thioether (sulfide) groups is 1. The molecule has 0 bridgehead atoms. The third kappa shape index (κ3) is 7.33. The topological polar surface area (TPSA) is 123 Å². The summed E-state index contributed by atoms with van der Waals surface area (Å²) in [5.41, 5.74) is 3.37. The summed E-state index contributed by atoms with van der Waals surface area (Å²) in [5.74, 6) is -1.44. The number of carbonyl (C=O) groups is 3. The maximum absolute atomic E-state index is 12.0. The zero-order chi connectivity index (χ0) is 23.8. The first-order valence-electron chi connectivity index (χ1n) is 9.82. The van der Waals surface area contributed by atoms with Crippen molar-refractivity contribution in [2.24, 2.45) is 0 Å². The summed E-state index contributed by atoms with van der Waals surface area (Å²) < 4.78 is 10.4. The molecule has 0 aliphatic heterocycles. The number of benzene rings is 2. The molecule has 1 aromatic heterocycles. The highest BCUT2D eigenvalue weighted by molar-refractivity contribution is 7.99. The van der Waals surface area contributed by atoms with E-state index in [4.69, 9.17) is 20.8 Å². The normalized spacial score (nSPS) is 10.5. The molecular weight excluding hydrogens is 468 g/mol. The van der Waals surface area contributed by atoms with Gasteiger partial charge in [0.1, 0.15) is 5.75 Å². The van der Waals surface area contributed by atoms with E-state index in [1.165, 1.54) is 0 Å². The molecule has 1 heterocycles. The Bertz CT molecular complexity index is 1150. The van der Waals surface area contributed by atoms with Crippen LogP contribution < -0.4 is 10.6 Å². The van der Waals surface area contributed by atoms with E-state index < -0.39 is 18.5 Å². The smallest absolute Gasteiger partial charge is 0.316 e. The standard InChI is InChI=1S/C22H21ClN4O5S/c1-13-4-3-5-17(14(13)2)25-18(28)10-24-19(29)11-31-20(30)12-33-22-27-26-21(32-22)15-6-8-16(23)9-7-15/h3-9H,10-12H2,1-2H3,(H,24,29)(H,25,28). The first-order chi connectivity index (χ1) is 15.8. The Morgan fingerprint density at radius 2 is 1.82 bits per heavy atom. The minimum absolute atomic E-state index is 0.122. The molecule has 0 atom stereocenters. The highest BCUT2D eigenvalue weighted by Crippen LogP contribution is 2.24. The second-order valence-corrected chi connectivity index (χ2v) is 8.26. The van der Waals surface area contributed by atoms with Crippen LogP contribution >= 0.6 is 23.4 Å². The van der Waals surface area contributed by atoms with Gasteiger partial charge in [0, 0.05) is 16.3 Å². The number of rotatable bonds is 9.